The van der Waals surface area contributed by atoms with Gasteiger partial charge in [0.25, 0.3) is 0 Å². The zero-order chi connectivity index (χ0) is 39.6. The fraction of sp³-hybridized carbons (Fsp3) is 0.650. The lowest BCUT2D eigenvalue weighted by molar-refractivity contribution is -0.161. The van der Waals surface area contributed by atoms with E-state index in [2.05, 4.69) is 18.4 Å². The number of hydrogen-bond acceptors (Lipinski definition) is 11. The number of allylic oxidation sites excluding steroid dienone is 8. The lowest BCUT2D eigenvalue weighted by atomic mass is 10.0. The summed E-state index contributed by atoms with van der Waals surface area (Å²) in [5.74, 6) is -0.413. The molecule has 0 fully saturated rings. The summed E-state index contributed by atoms with van der Waals surface area (Å²) in [5, 5.41) is 38.1. The van der Waals surface area contributed by atoms with Crippen LogP contribution in [0, 0.1) is 5.92 Å². The molecule has 0 spiro atoms. The highest BCUT2D eigenvalue weighted by molar-refractivity contribution is 7.47. The number of carbonyl (C=O) groups excluding carboxylic acids is 2. The maximum absolute atomic E-state index is 12.5. The lowest BCUT2D eigenvalue weighted by Gasteiger charge is -2.20. The van der Waals surface area contributed by atoms with Crippen LogP contribution >= 0.6 is 7.82 Å². The van der Waals surface area contributed by atoms with Gasteiger partial charge >= 0.3 is 19.8 Å². The molecule has 0 aromatic carbocycles. The summed E-state index contributed by atoms with van der Waals surface area (Å²) in [6.45, 7) is 4.14. The molecule has 0 aromatic rings. The van der Waals surface area contributed by atoms with Crippen LogP contribution in [-0.4, -0.2) is 88.1 Å². The number of phosphoric acid groups is 1. The van der Waals surface area contributed by atoms with E-state index in [1.165, 1.54) is 12.8 Å². The third-order valence-corrected chi connectivity index (χ3v) is 8.43. The average Bonchev–Trinajstić information content (AvgIpc) is 3.12. The molecule has 0 radical (unpaired) electrons. The predicted molar refractivity (Wildman–Crippen MR) is 208 cm³/mol. The smallest absolute Gasteiger partial charge is 0.462 e. The van der Waals surface area contributed by atoms with E-state index < -0.39 is 70.6 Å². The largest absolute Gasteiger partial charge is 0.472 e. The van der Waals surface area contributed by atoms with Gasteiger partial charge in [-0.1, -0.05) is 132 Å². The highest BCUT2D eigenvalue weighted by atomic mass is 31.2. The van der Waals surface area contributed by atoms with Crippen LogP contribution in [0.4, 0.5) is 0 Å². The van der Waals surface area contributed by atoms with Crippen LogP contribution in [0.1, 0.15) is 111 Å². The van der Waals surface area contributed by atoms with Crippen molar-refractivity contribution < 1.29 is 58.0 Å². The highest BCUT2D eigenvalue weighted by Crippen LogP contribution is 2.43. The minimum absolute atomic E-state index is 0.0562. The van der Waals surface area contributed by atoms with Gasteiger partial charge in [0.05, 0.1) is 32.0 Å². The Labute approximate surface area is 317 Å². The van der Waals surface area contributed by atoms with Gasteiger partial charge in [-0.3, -0.25) is 18.6 Å². The first kappa shape index (κ1) is 50.3. The highest BCUT2D eigenvalue weighted by Gasteiger charge is 2.27. The van der Waals surface area contributed by atoms with E-state index in [4.69, 9.17) is 19.1 Å². The predicted octanol–water partition coefficient (Wildman–Crippen LogP) is 7.12. The van der Waals surface area contributed by atoms with Crippen molar-refractivity contribution in [3.8, 4) is 0 Å². The van der Waals surface area contributed by atoms with Crippen molar-refractivity contribution in [1.29, 1.82) is 0 Å². The Balaban J connectivity index is 4.59. The normalized spacial score (nSPS) is 16.1. The summed E-state index contributed by atoms with van der Waals surface area (Å²) in [6.07, 6.45) is 28.5. The summed E-state index contributed by atoms with van der Waals surface area (Å²) < 4.78 is 32.4. The van der Waals surface area contributed by atoms with Crippen LogP contribution < -0.4 is 0 Å². The first-order valence-electron chi connectivity index (χ1n) is 19.0. The van der Waals surface area contributed by atoms with Crippen LogP contribution in [0.15, 0.2) is 72.9 Å². The molecule has 0 rings (SSSR count). The van der Waals surface area contributed by atoms with E-state index in [-0.39, 0.29) is 12.8 Å². The van der Waals surface area contributed by atoms with Gasteiger partial charge < -0.3 is 34.8 Å². The second-order valence-corrected chi connectivity index (χ2v) is 14.6. The van der Waals surface area contributed by atoms with Gasteiger partial charge in [0, 0.05) is 12.8 Å². The van der Waals surface area contributed by atoms with Gasteiger partial charge in [-0.05, 0) is 44.4 Å². The van der Waals surface area contributed by atoms with Gasteiger partial charge in [-0.2, -0.15) is 0 Å². The molecule has 304 valence electrons. The maximum atomic E-state index is 12.5. The Morgan fingerprint density at radius 2 is 1.28 bits per heavy atom. The van der Waals surface area contributed by atoms with Gasteiger partial charge in [0.2, 0.25) is 0 Å². The number of unbranched alkanes of at least 4 members (excludes halogenated alkanes) is 5. The number of aliphatic hydroxyl groups is 4. The molecular weight excluding hydrogens is 703 g/mol. The second kappa shape index (κ2) is 33.9. The number of ether oxygens (including phenoxy) is 2. The fourth-order valence-electron chi connectivity index (χ4n) is 4.49. The van der Waals surface area contributed by atoms with Crippen molar-refractivity contribution >= 4 is 19.8 Å². The van der Waals surface area contributed by atoms with Crippen molar-refractivity contribution in [2.75, 3.05) is 26.4 Å². The van der Waals surface area contributed by atoms with Gasteiger partial charge in [-0.25, -0.2) is 4.57 Å². The molecule has 0 aliphatic rings. The molecule has 1 unspecified atom stereocenters. The Morgan fingerprint density at radius 1 is 0.698 bits per heavy atom. The molecule has 0 heterocycles. The Bertz CT molecular complexity index is 1160. The Kier molecular flexibility index (Phi) is 32.2. The summed E-state index contributed by atoms with van der Waals surface area (Å²) in [6, 6.07) is 0. The zero-order valence-corrected chi connectivity index (χ0v) is 33.0. The number of esters is 2. The Hall–Kier alpha value is -2.67. The lowest BCUT2D eigenvalue weighted by Crippen LogP contribution is -2.29. The summed E-state index contributed by atoms with van der Waals surface area (Å²) in [5.41, 5.74) is 0. The van der Waals surface area contributed by atoms with Crippen LogP contribution in [-0.2, 0) is 32.7 Å². The molecule has 5 atom stereocenters. The Morgan fingerprint density at radius 3 is 1.91 bits per heavy atom. The molecule has 0 aliphatic carbocycles. The molecule has 12 nitrogen and oxygen atoms in total. The molecule has 53 heavy (non-hydrogen) atoms. The molecule has 0 saturated heterocycles. The van der Waals surface area contributed by atoms with Crippen LogP contribution in [0.3, 0.4) is 0 Å². The summed E-state index contributed by atoms with van der Waals surface area (Å²) >= 11 is 0. The SMILES string of the molecule is CC/C=C\C[C@@H](O)/C=C/C=C\C=C\[C@@H](O)C/C=C\C/C=C\CCC(=O)OC[C@H](COP(=O)(O)OC[C@@H](O)CO)OC(=O)CCCCCCCCC(C)C. The third-order valence-electron chi connectivity index (χ3n) is 7.48. The molecule has 0 aromatic heterocycles. The molecular formula is C40H67O12P. The van der Waals surface area contributed by atoms with E-state index in [9.17, 15) is 34.4 Å². The molecule has 0 amide bonds. The number of aliphatic hydroxyl groups excluding tert-OH is 4. The second-order valence-electron chi connectivity index (χ2n) is 13.1. The minimum atomic E-state index is -4.65. The monoisotopic (exact) mass is 770 g/mol. The topological polar surface area (TPSA) is 189 Å². The quantitative estimate of drug-likeness (QED) is 0.0150. The van der Waals surface area contributed by atoms with Crippen LogP contribution in [0.2, 0.25) is 0 Å². The van der Waals surface area contributed by atoms with Crippen molar-refractivity contribution in [2.24, 2.45) is 5.92 Å². The van der Waals surface area contributed by atoms with Crippen molar-refractivity contribution in [3.05, 3.63) is 72.9 Å². The van der Waals surface area contributed by atoms with E-state index in [0.717, 1.165) is 32.1 Å². The number of rotatable bonds is 33. The van der Waals surface area contributed by atoms with Gasteiger partial charge in [0.15, 0.2) is 6.10 Å². The summed E-state index contributed by atoms with van der Waals surface area (Å²) in [4.78, 5) is 34.7. The molecule has 0 aliphatic heterocycles. The standard InChI is InChI=1S/C40H67O12P/c1-4-5-16-24-35(42)26-19-14-15-20-27-36(43)25-18-11-7-9-12-21-28-39(45)49-32-38(33-51-53(47,48)50-31-37(44)30-41)52-40(46)29-22-13-8-6-10-17-23-34(2)3/h5,9,11-12,14-16,18-20,26-27,34-38,41-44H,4,6-8,10,13,17,21-25,28-33H2,1-3H3,(H,47,48)/b12-9-,15-14-,16-5-,18-11-,26-19+,27-20+/t35-,36+,37+,38-/m1/s1. The van der Waals surface area contributed by atoms with Gasteiger partial charge in [-0.15, -0.1) is 0 Å². The maximum Gasteiger partial charge on any atom is 0.472 e. The van der Waals surface area contributed by atoms with E-state index in [1.54, 1.807) is 36.5 Å². The van der Waals surface area contributed by atoms with E-state index in [0.29, 0.717) is 38.0 Å². The first-order chi connectivity index (χ1) is 25.4. The van der Waals surface area contributed by atoms with Crippen LogP contribution in [0.25, 0.3) is 0 Å². The van der Waals surface area contributed by atoms with Crippen molar-refractivity contribution in [2.45, 2.75) is 135 Å². The molecule has 0 bridgehead atoms. The molecule has 5 N–H and O–H groups in total. The minimum Gasteiger partial charge on any atom is -0.462 e. The zero-order valence-electron chi connectivity index (χ0n) is 32.1. The van der Waals surface area contributed by atoms with Crippen molar-refractivity contribution in [3.63, 3.8) is 0 Å². The van der Waals surface area contributed by atoms with Gasteiger partial charge in [0.1, 0.15) is 12.7 Å². The van der Waals surface area contributed by atoms with Crippen LogP contribution in [0.5, 0.6) is 0 Å². The fourth-order valence-corrected chi connectivity index (χ4v) is 5.28. The number of carbonyl (C=O) groups is 2. The number of hydrogen-bond donors (Lipinski definition) is 5. The molecule has 0 saturated carbocycles. The molecule has 13 heteroatoms. The average molecular weight is 771 g/mol. The number of phosphoric ester groups is 1. The van der Waals surface area contributed by atoms with E-state index >= 15 is 0 Å². The van der Waals surface area contributed by atoms with Crippen molar-refractivity contribution in [1.82, 2.24) is 0 Å². The third kappa shape index (κ3) is 34.8. The summed E-state index contributed by atoms with van der Waals surface area (Å²) in [7, 11) is -4.65. The first-order valence-corrected chi connectivity index (χ1v) is 20.5. The van der Waals surface area contributed by atoms with E-state index in [1.807, 2.05) is 43.4 Å².